The lowest BCUT2D eigenvalue weighted by Gasteiger charge is -2.35. The van der Waals surface area contributed by atoms with Gasteiger partial charge >= 0.3 is 0 Å². The predicted molar refractivity (Wildman–Crippen MR) is 111 cm³/mol. The van der Waals surface area contributed by atoms with Crippen molar-refractivity contribution >= 4 is 11.8 Å². The largest absolute Gasteiger partial charge is 0.379 e. The summed E-state index contributed by atoms with van der Waals surface area (Å²) in [6.07, 6.45) is 4.93. The highest BCUT2D eigenvalue weighted by Crippen LogP contribution is 2.30. The third kappa shape index (κ3) is 4.81. The van der Waals surface area contributed by atoms with E-state index in [9.17, 15) is 9.59 Å². The Labute approximate surface area is 173 Å². The van der Waals surface area contributed by atoms with Crippen LogP contribution in [-0.2, 0) is 14.3 Å². The van der Waals surface area contributed by atoms with Gasteiger partial charge in [0.05, 0.1) is 25.2 Å². The zero-order chi connectivity index (χ0) is 20.2. The molecule has 1 N–H and O–H groups in total. The summed E-state index contributed by atoms with van der Waals surface area (Å²) in [5, 5.41) is 3.17. The lowest BCUT2D eigenvalue weighted by atomic mass is 10.0. The molecule has 0 bridgehead atoms. The summed E-state index contributed by atoms with van der Waals surface area (Å²) in [6, 6.07) is 9.05. The number of nitrogens with one attached hydrogen (secondary N) is 1. The second-order valence-corrected chi connectivity index (χ2v) is 8.71. The van der Waals surface area contributed by atoms with E-state index in [2.05, 4.69) is 41.4 Å². The van der Waals surface area contributed by atoms with Gasteiger partial charge in [-0.15, -0.1) is 0 Å². The number of hydrogen-bond acceptors (Lipinski definition) is 4. The van der Waals surface area contributed by atoms with Gasteiger partial charge in [-0.3, -0.25) is 14.5 Å². The minimum Gasteiger partial charge on any atom is -0.379 e. The summed E-state index contributed by atoms with van der Waals surface area (Å²) < 4.78 is 5.51. The van der Waals surface area contributed by atoms with Gasteiger partial charge in [-0.25, -0.2) is 0 Å². The normalized spacial score (nSPS) is 24.8. The Bertz CT molecular complexity index is 709. The number of aryl methyl sites for hydroxylation is 1. The summed E-state index contributed by atoms with van der Waals surface area (Å²) in [5.74, 6) is -0.0454. The molecule has 2 atom stereocenters. The molecule has 158 valence electrons. The molecular formula is C23H33N3O3. The Morgan fingerprint density at radius 2 is 1.86 bits per heavy atom. The molecule has 6 nitrogen and oxygen atoms in total. The maximum Gasteiger partial charge on any atom is 0.225 e. The molecule has 3 aliphatic rings. The zero-order valence-electron chi connectivity index (χ0n) is 17.4. The Morgan fingerprint density at radius 1 is 1.17 bits per heavy atom. The van der Waals surface area contributed by atoms with E-state index in [-0.39, 0.29) is 23.8 Å². The molecule has 0 spiro atoms. The number of nitrogens with zero attached hydrogens (tertiary/aromatic N) is 2. The van der Waals surface area contributed by atoms with Gasteiger partial charge in [0.1, 0.15) is 0 Å². The van der Waals surface area contributed by atoms with E-state index in [4.69, 9.17) is 4.74 Å². The number of rotatable bonds is 6. The van der Waals surface area contributed by atoms with E-state index in [1.807, 2.05) is 4.90 Å². The van der Waals surface area contributed by atoms with Crippen LogP contribution in [-0.4, -0.2) is 67.0 Å². The van der Waals surface area contributed by atoms with E-state index in [0.717, 1.165) is 39.1 Å². The van der Waals surface area contributed by atoms with Crippen LogP contribution in [0.2, 0.25) is 0 Å². The van der Waals surface area contributed by atoms with Crippen molar-refractivity contribution in [3.05, 3.63) is 35.4 Å². The lowest BCUT2D eigenvalue weighted by Crippen LogP contribution is -2.45. The fraction of sp³-hybridized carbons (Fsp3) is 0.652. The molecule has 2 saturated heterocycles. The van der Waals surface area contributed by atoms with Gasteiger partial charge in [0.25, 0.3) is 0 Å². The quantitative estimate of drug-likeness (QED) is 0.797. The van der Waals surface area contributed by atoms with Crippen LogP contribution in [0.25, 0.3) is 0 Å². The average Bonchev–Trinajstić information content (AvgIpc) is 3.39. The SMILES string of the molecule is Cc1ccc(C(CNC(=O)C2CC(=O)N(C3CCCC3)C2)N2CCOCC2)cc1. The van der Waals surface area contributed by atoms with Crippen molar-refractivity contribution in [1.82, 2.24) is 15.1 Å². The molecule has 1 aromatic rings. The second-order valence-electron chi connectivity index (χ2n) is 8.71. The van der Waals surface area contributed by atoms with Crippen molar-refractivity contribution in [1.29, 1.82) is 0 Å². The molecule has 2 aliphatic heterocycles. The van der Waals surface area contributed by atoms with Gasteiger partial charge < -0.3 is 15.0 Å². The van der Waals surface area contributed by atoms with Crippen molar-refractivity contribution in [2.24, 2.45) is 5.92 Å². The molecule has 1 aliphatic carbocycles. The Balaban J connectivity index is 1.38. The Kier molecular flexibility index (Phi) is 6.50. The number of benzene rings is 1. The average molecular weight is 400 g/mol. The first-order chi connectivity index (χ1) is 14.1. The number of likely N-dealkylation sites (tertiary alicyclic amines) is 1. The molecular weight excluding hydrogens is 366 g/mol. The lowest BCUT2D eigenvalue weighted by molar-refractivity contribution is -0.130. The van der Waals surface area contributed by atoms with E-state index >= 15 is 0 Å². The van der Waals surface area contributed by atoms with Crippen molar-refractivity contribution in [2.45, 2.75) is 51.1 Å². The van der Waals surface area contributed by atoms with Crippen molar-refractivity contribution in [2.75, 3.05) is 39.4 Å². The summed E-state index contributed by atoms with van der Waals surface area (Å²) in [7, 11) is 0. The number of morpholine rings is 1. The maximum absolute atomic E-state index is 12.9. The van der Waals surface area contributed by atoms with Crippen LogP contribution < -0.4 is 5.32 Å². The number of carbonyl (C=O) groups excluding carboxylic acids is 2. The first-order valence-corrected chi connectivity index (χ1v) is 11.1. The number of hydrogen-bond donors (Lipinski definition) is 1. The highest BCUT2D eigenvalue weighted by atomic mass is 16.5. The monoisotopic (exact) mass is 399 g/mol. The van der Waals surface area contributed by atoms with Crippen LogP contribution in [0.4, 0.5) is 0 Å². The summed E-state index contributed by atoms with van der Waals surface area (Å²) in [5.41, 5.74) is 2.45. The highest BCUT2D eigenvalue weighted by molar-refractivity contribution is 5.89. The van der Waals surface area contributed by atoms with Crippen molar-refractivity contribution in [3.8, 4) is 0 Å². The Hall–Kier alpha value is -1.92. The summed E-state index contributed by atoms with van der Waals surface area (Å²) in [4.78, 5) is 29.7. The minimum atomic E-state index is -0.216. The van der Waals surface area contributed by atoms with Gasteiger partial charge in [-0.2, -0.15) is 0 Å². The molecule has 4 rings (SSSR count). The third-order valence-corrected chi connectivity index (χ3v) is 6.71. The van der Waals surface area contributed by atoms with Crippen LogP contribution in [0.3, 0.4) is 0 Å². The first-order valence-electron chi connectivity index (χ1n) is 11.1. The highest BCUT2D eigenvalue weighted by Gasteiger charge is 2.38. The topological polar surface area (TPSA) is 61.9 Å². The predicted octanol–water partition coefficient (Wildman–Crippen LogP) is 2.28. The first kappa shape index (κ1) is 20.4. The van der Waals surface area contributed by atoms with Gasteiger partial charge in [0.2, 0.25) is 11.8 Å². The van der Waals surface area contributed by atoms with Crippen LogP contribution in [0.1, 0.15) is 49.3 Å². The fourth-order valence-corrected chi connectivity index (χ4v) is 4.95. The van der Waals surface area contributed by atoms with Crippen LogP contribution in [0.5, 0.6) is 0 Å². The van der Waals surface area contributed by atoms with E-state index in [1.165, 1.54) is 24.0 Å². The second kappa shape index (κ2) is 9.26. The van der Waals surface area contributed by atoms with Gasteiger partial charge in [-0.1, -0.05) is 42.7 Å². The van der Waals surface area contributed by atoms with Gasteiger partial charge in [0.15, 0.2) is 0 Å². The van der Waals surface area contributed by atoms with Gasteiger partial charge in [0, 0.05) is 38.6 Å². The molecule has 0 radical (unpaired) electrons. The standard InChI is InChI=1S/C23H33N3O3/c1-17-6-8-18(9-7-17)21(25-10-12-29-13-11-25)15-24-23(28)19-14-22(27)26(16-19)20-4-2-3-5-20/h6-9,19-21H,2-5,10-16H2,1H3,(H,24,28). The van der Waals surface area contributed by atoms with E-state index < -0.39 is 0 Å². The molecule has 1 aromatic carbocycles. The number of carbonyl (C=O) groups is 2. The third-order valence-electron chi connectivity index (χ3n) is 6.71. The fourth-order valence-electron chi connectivity index (χ4n) is 4.95. The zero-order valence-corrected chi connectivity index (χ0v) is 17.4. The Morgan fingerprint density at radius 3 is 2.55 bits per heavy atom. The molecule has 2 amide bonds. The van der Waals surface area contributed by atoms with E-state index in [0.29, 0.717) is 25.6 Å². The molecule has 2 unspecified atom stereocenters. The van der Waals surface area contributed by atoms with Crippen molar-refractivity contribution in [3.63, 3.8) is 0 Å². The molecule has 1 saturated carbocycles. The molecule has 2 heterocycles. The summed E-state index contributed by atoms with van der Waals surface area (Å²) in [6.45, 7) is 6.42. The van der Waals surface area contributed by atoms with Crippen molar-refractivity contribution < 1.29 is 14.3 Å². The summed E-state index contributed by atoms with van der Waals surface area (Å²) >= 11 is 0. The molecule has 29 heavy (non-hydrogen) atoms. The van der Waals surface area contributed by atoms with Crippen LogP contribution >= 0.6 is 0 Å². The number of amides is 2. The molecule has 0 aromatic heterocycles. The minimum absolute atomic E-state index is 0.0178. The molecule has 3 fully saturated rings. The smallest absolute Gasteiger partial charge is 0.225 e. The molecule has 6 heteroatoms. The van der Waals surface area contributed by atoms with Crippen LogP contribution in [0.15, 0.2) is 24.3 Å². The number of ether oxygens (including phenoxy) is 1. The van der Waals surface area contributed by atoms with Crippen LogP contribution in [0, 0.1) is 12.8 Å². The van der Waals surface area contributed by atoms with Gasteiger partial charge in [-0.05, 0) is 25.3 Å². The maximum atomic E-state index is 12.9. The van der Waals surface area contributed by atoms with E-state index in [1.54, 1.807) is 0 Å².